The lowest BCUT2D eigenvalue weighted by Crippen LogP contribution is -2.20. The van der Waals surface area contributed by atoms with Gasteiger partial charge in [-0.15, -0.1) is 0 Å². The average Bonchev–Trinajstić information content (AvgIpc) is 2.56. The van der Waals surface area contributed by atoms with Crippen LogP contribution in [0.1, 0.15) is 6.92 Å². The summed E-state index contributed by atoms with van der Waals surface area (Å²) in [5.74, 6) is -0.670. The Labute approximate surface area is 155 Å². The highest BCUT2D eigenvalue weighted by Gasteiger charge is 2.15. The maximum absolute atomic E-state index is 12.0. The minimum Gasteiger partial charge on any atom is -0.506 e. The number of hydrogen-bond acceptors (Lipinski definition) is 5. The van der Waals surface area contributed by atoms with Crippen molar-refractivity contribution < 1.29 is 23.1 Å². The van der Waals surface area contributed by atoms with Crippen molar-refractivity contribution >= 4 is 44.6 Å². The highest BCUT2D eigenvalue weighted by Crippen LogP contribution is 2.28. The summed E-state index contributed by atoms with van der Waals surface area (Å²) in [7, 11) is -3.46. The van der Waals surface area contributed by atoms with Crippen molar-refractivity contribution in [3.8, 4) is 11.5 Å². The number of ether oxygens (including phenoxy) is 1. The molecule has 0 radical (unpaired) electrons. The molecule has 134 valence electrons. The first-order valence-corrected chi connectivity index (χ1v) is 9.57. The third-order valence-corrected chi connectivity index (χ3v) is 5.50. The summed E-state index contributed by atoms with van der Waals surface area (Å²) in [5, 5.41) is 12.9. The number of aromatic hydroxyl groups is 1. The Bertz CT molecular complexity index is 899. The monoisotopic (exact) mass is 403 g/mol. The number of phenols is 1. The number of nitrogens with one attached hydrogen (secondary N) is 1. The molecule has 2 N–H and O–H groups in total. The van der Waals surface area contributed by atoms with E-state index in [0.717, 1.165) is 0 Å². The molecule has 0 aromatic heterocycles. The van der Waals surface area contributed by atoms with E-state index in [2.05, 4.69) is 5.32 Å². The Morgan fingerprint density at radius 3 is 2.56 bits per heavy atom. The van der Waals surface area contributed by atoms with Crippen molar-refractivity contribution in [2.45, 2.75) is 11.8 Å². The Morgan fingerprint density at radius 2 is 1.92 bits per heavy atom. The number of rotatable bonds is 6. The smallest absolute Gasteiger partial charge is 0.262 e. The minimum absolute atomic E-state index is 0.00441. The fourth-order valence-corrected chi connectivity index (χ4v) is 3.27. The van der Waals surface area contributed by atoms with Crippen LogP contribution in [0.2, 0.25) is 10.0 Å². The van der Waals surface area contributed by atoms with Crippen LogP contribution in [0.15, 0.2) is 41.3 Å². The van der Waals surface area contributed by atoms with Gasteiger partial charge in [-0.1, -0.05) is 30.1 Å². The fourth-order valence-electron chi connectivity index (χ4n) is 1.90. The third-order valence-electron chi connectivity index (χ3n) is 3.23. The number of carbonyl (C=O) groups is 1. The lowest BCUT2D eigenvalue weighted by Gasteiger charge is -2.11. The van der Waals surface area contributed by atoms with Gasteiger partial charge in [0, 0.05) is 5.02 Å². The van der Waals surface area contributed by atoms with Crippen molar-refractivity contribution in [2.75, 3.05) is 17.7 Å². The normalized spacial score (nSPS) is 11.2. The molecule has 0 aliphatic carbocycles. The van der Waals surface area contributed by atoms with Crippen LogP contribution in [0.3, 0.4) is 0 Å². The minimum atomic E-state index is -3.46. The standard InChI is InChI=1S/C16H15Cl2NO5S/c1-2-25(22,23)11-4-5-14(20)13(8-11)19-16(21)9-24-15-6-3-10(17)7-12(15)18/h3-8,20H,2,9H2,1H3,(H,19,21). The number of halogens is 2. The van der Waals surface area contributed by atoms with E-state index in [1.54, 1.807) is 6.07 Å². The first-order valence-electron chi connectivity index (χ1n) is 7.16. The molecule has 1 amide bonds. The number of phenolic OH excluding ortho intramolecular Hbond substituents is 1. The number of sulfone groups is 1. The van der Waals surface area contributed by atoms with E-state index >= 15 is 0 Å². The van der Waals surface area contributed by atoms with Gasteiger partial charge in [-0.3, -0.25) is 4.79 Å². The number of amides is 1. The number of hydrogen-bond donors (Lipinski definition) is 2. The molecule has 0 heterocycles. The van der Waals surface area contributed by atoms with E-state index in [1.165, 1.54) is 37.3 Å². The molecule has 0 aliphatic rings. The highest BCUT2D eigenvalue weighted by molar-refractivity contribution is 7.91. The van der Waals surface area contributed by atoms with Gasteiger partial charge < -0.3 is 15.2 Å². The van der Waals surface area contributed by atoms with Crippen LogP contribution >= 0.6 is 23.2 Å². The average molecular weight is 404 g/mol. The molecule has 2 aromatic rings. The van der Waals surface area contributed by atoms with Crippen LogP contribution in [0.25, 0.3) is 0 Å². The molecule has 9 heteroatoms. The molecular formula is C16H15Cl2NO5S. The molecule has 2 rings (SSSR count). The summed E-state index contributed by atoms with van der Waals surface area (Å²) in [6, 6.07) is 8.22. The van der Waals surface area contributed by atoms with E-state index in [0.29, 0.717) is 5.02 Å². The summed E-state index contributed by atoms with van der Waals surface area (Å²) >= 11 is 11.7. The van der Waals surface area contributed by atoms with Crippen molar-refractivity contribution in [2.24, 2.45) is 0 Å². The summed E-state index contributed by atoms with van der Waals surface area (Å²) in [6.07, 6.45) is 0. The molecule has 25 heavy (non-hydrogen) atoms. The van der Waals surface area contributed by atoms with Crippen molar-refractivity contribution in [3.63, 3.8) is 0 Å². The highest BCUT2D eigenvalue weighted by atomic mass is 35.5. The third kappa shape index (κ3) is 5.01. The summed E-state index contributed by atoms with van der Waals surface area (Å²) < 4.78 is 29.0. The zero-order chi connectivity index (χ0) is 18.6. The van der Waals surface area contributed by atoms with Crippen LogP contribution < -0.4 is 10.1 Å². The van der Waals surface area contributed by atoms with Gasteiger partial charge in [-0.25, -0.2) is 8.42 Å². The van der Waals surface area contributed by atoms with Crippen LogP contribution in [0.5, 0.6) is 11.5 Å². The molecule has 0 saturated carbocycles. The lowest BCUT2D eigenvalue weighted by atomic mass is 10.3. The summed E-state index contributed by atoms with van der Waals surface area (Å²) in [4.78, 5) is 12.0. The maximum Gasteiger partial charge on any atom is 0.262 e. The van der Waals surface area contributed by atoms with E-state index in [4.69, 9.17) is 27.9 Å². The van der Waals surface area contributed by atoms with Crippen molar-refractivity contribution in [3.05, 3.63) is 46.4 Å². The molecule has 0 unspecified atom stereocenters. The second-order valence-electron chi connectivity index (χ2n) is 4.99. The Hall–Kier alpha value is -1.96. The molecule has 0 bridgehead atoms. The first kappa shape index (κ1) is 19.4. The summed E-state index contributed by atoms with van der Waals surface area (Å²) in [6.45, 7) is 1.12. The van der Waals surface area contributed by atoms with Gasteiger partial charge in [-0.2, -0.15) is 0 Å². The molecule has 0 fully saturated rings. The molecule has 0 aliphatic heterocycles. The predicted molar refractivity (Wildman–Crippen MR) is 96.4 cm³/mol. The largest absolute Gasteiger partial charge is 0.506 e. The Morgan fingerprint density at radius 1 is 1.20 bits per heavy atom. The van der Waals surface area contributed by atoms with E-state index in [1.807, 2.05) is 0 Å². The van der Waals surface area contributed by atoms with E-state index in [-0.39, 0.29) is 39.5 Å². The van der Waals surface area contributed by atoms with E-state index in [9.17, 15) is 18.3 Å². The quantitative estimate of drug-likeness (QED) is 0.719. The second kappa shape index (κ2) is 7.95. The van der Waals surface area contributed by atoms with Crippen LogP contribution in [-0.4, -0.2) is 31.8 Å². The molecule has 0 atom stereocenters. The Kier molecular flexibility index (Phi) is 6.16. The Balaban J connectivity index is 2.09. The van der Waals surface area contributed by atoms with Crippen LogP contribution in [0.4, 0.5) is 5.69 Å². The fraction of sp³-hybridized carbons (Fsp3) is 0.188. The number of benzene rings is 2. The summed E-state index contributed by atoms with van der Waals surface area (Å²) in [5.41, 5.74) is -0.0228. The first-order chi connectivity index (χ1) is 11.7. The van der Waals surface area contributed by atoms with Gasteiger partial charge in [-0.05, 0) is 36.4 Å². The molecular weight excluding hydrogens is 389 g/mol. The van der Waals surface area contributed by atoms with E-state index < -0.39 is 15.7 Å². The maximum atomic E-state index is 12.0. The lowest BCUT2D eigenvalue weighted by molar-refractivity contribution is -0.118. The van der Waals surface area contributed by atoms with Crippen LogP contribution in [0, 0.1) is 0 Å². The van der Waals surface area contributed by atoms with Crippen molar-refractivity contribution in [1.82, 2.24) is 0 Å². The van der Waals surface area contributed by atoms with Crippen LogP contribution in [-0.2, 0) is 14.6 Å². The van der Waals surface area contributed by atoms with Gasteiger partial charge in [0.25, 0.3) is 5.91 Å². The topological polar surface area (TPSA) is 92.7 Å². The van der Waals surface area contributed by atoms with Gasteiger partial charge >= 0.3 is 0 Å². The van der Waals surface area contributed by atoms with Crippen molar-refractivity contribution in [1.29, 1.82) is 0 Å². The molecule has 0 saturated heterocycles. The number of carbonyl (C=O) groups excluding carboxylic acids is 1. The molecule has 2 aromatic carbocycles. The number of anilines is 1. The predicted octanol–water partition coefficient (Wildman–Crippen LogP) is 3.51. The zero-order valence-corrected chi connectivity index (χ0v) is 15.5. The van der Waals surface area contributed by atoms with Gasteiger partial charge in [0.2, 0.25) is 0 Å². The van der Waals surface area contributed by atoms with Gasteiger partial charge in [0.05, 0.1) is 21.4 Å². The second-order valence-corrected chi connectivity index (χ2v) is 8.12. The van der Waals surface area contributed by atoms with Gasteiger partial charge in [0.1, 0.15) is 11.5 Å². The molecule has 6 nitrogen and oxygen atoms in total. The zero-order valence-electron chi connectivity index (χ0n) is 13.1. The molecule has 0 spiro atoms. The van der Waals surface area contributed by atoms with Gasteiger partial charge in [0.15, 0.2) is 16.4 Å². The SMILES string of the molecule is CCS(=O)(=O)c1ccc(O)c(NC(=O)COc2ccc(Cl)cc2Cl)c1.